The molecule has 162 valence electrons. The van der Waals surface area contributed by atoms with Crippen LogP contribution in [0.2, 0.25) is 5.02 Å². The summed E-state index contributed by atoms with van der Waals surface area (Å²) in [5.74, 6) is 0.568. The fourth-order valence-corrected chi connectivity index (χ4v) is 4.16. The molecule has 1 aliphatic rings. The first-order valence-corrected chi connectivity index (χ1v) is 10.9. The Balaban J connectivity index is 1.85. The molecule has 1 aromatic heterocycles. The van der Waals surface area contributed by atoms with Crippen molar-refractivity contribution in [3.63, 3.8) is 0 Å². The lowest BCUT2D eigenvalue weighted by Gasteiger charge is -2.14. The Kier molecular flexibility index (Phi) is 6.18. The van der Waals surface area contributed by atoms with Crippen LogP contribution in [0.5, 0.6) is 11.5 Å². The van der Waals surface area contributed by atoms with Gasteiger partial charge in [-0.2, -0.15) is 5.10 Å². The monoisotopic (exact) mass is 440 g/mol. The molecule has 0 fully saturated rings. The molecule has 0 bridgehead atoms. The van der Waals surface area contributed by atoms with Gasteiger partial charge in [-0.05, 0) is 17.5 Å². The minimum Gasteiger partial charge on any atom is -0.477 e. The van der Waals surface area contributed by atoms with Gasteiger partial charge in [0.15, 0.2) is 11.5 Å². The van der Waals surface area contributed by atoms with Crippen LogP contribution in [0.25, 0.3) is 11.3 Å². The van der Waals surface area contributed by atoms with E-state index in [1.54, 1.807) is 10.7 Å². The highest BCUT2D eigenvalue weighted by Gasteiger charge is 2.27. The molecule has 2 heterocycles. The molecular weight excluding hydrogens is 416 g/mol. The number of nitrogens with zero attached hydrogens (tertiary/aromatic N) is 2. The van der Waals surface area contributed by atoms with E-state index >= 15 is 0 Å². The Morgan fingerprint density at radius 3 is 2.48 bits per heavy atom. The van der Waals surface area contributed by atoms with Gasteiger partial charge in [-0.3, -0.25) is 4.68 Å². The van der Waals surface area contributed by atoms with Crippen molar-refractivity contribution < 1.29 is 19.4 Å². The lowest BCUT2D eigenvalue weighted by Crippen LogP contribution is -2.17. The lowest BCUT2D eigenvalue weighted by molar-refractivity contribution is 0.0680. The topological polar surface area (TPSA) is 73.6 Å². The Morgan fingerprint density at radius 2 is 1.84 bits per heavy atom. The van der Waals surface area contributed by atoms with Gasteiger partial charge in [-0.15, -0.1) is 0 Å². The predicted molar refractivity (Wildman–Crippen MR) is 119 cm³/mol. The summed E-state index contributed by atoms with van der Waals surface area (Å²) >= 11 is 6.51. The van der Waals surface area contributed by atoms with Crippen molar-refractivity contribution in [3.8, 4) is 22.8 Å². The number of halogens is 1. The molecule has 2 aromatic carbocycles. The second-order valence-corrected chi connectivity index (χ2v) is 8.09. The molecular formula is C24H25ClN2O4. The van der Waals surface area contributed by atoms with Gasteiger partial charge in [0.05, 0.1) is 5.69 Å². The molecule has 1 aliphatic heterocycles. The highest BCUT2D eigenvalue weighted by molar-refractivity contribution is 6.31. The van der Waals surface area contributed by atoms with E-state index < -0.39 is 5.97 Å². The zero-order chi connectivity index (χ0) is 22.0. The smallest absolute Gasteiger partial charge is 0.354 e. The van der Waals surface area contributed by atoms with E-state index in [1.807, 2.05) is 36.4 Å². The second-order valence-electron chi connectivity index (χ2n) is 7.69. The van der Waals surface area contributed by atoms with Crippen LogP contribution in [0.1, 0.15) is 48.3 Å². The summed E-state index contributed by atoms with van der Waals surface area (Å²) in [4.78, 5) is 12.4. The van der Waals surface area contributed by atoms with Gasteiger partial charge in [-0.25, -0.2) is 4.79 Å². The fourth-order valence-electron chi connectivity index (χ4n) is 3.94. The normalized spacial score (nSPS) is 12.5. The lowest BCUT2D eigenvalue weighted by atomic mass is 9.98. The quantitative estimate of drug-likeness (QED) is 0.489. The predicted octanol–water partition coefficient (Wildman–Crippen LogP) is 5.66. The molecule has 0 amide bonds. The molecule has 7 heteroatoms. The first-order valence-electron chi connectivity index (χ1n) is 10.5. The Morgan fingerprint density at radius 1 is 1.16 bits per heavy atom. The summed E-state index contributed by atoms with van der Waals surface area (Å²) in [5, 5.41) is 15.4. The molecule has 0 aliphatic carbocycles. The van der Waals surface area contributed by atoms with Crippen LogP contribution in [-0.4, -0.2) is 27.6 Å². The third-order valence-corrected chi connectivity index (χ3v) is 6.15. The number of benzene rings is 2. The molecule has 1 N–H and O–H groups in total. The van der Waals surface area contributed by atoms with Gasteiger partial charge in [0, 0.05) is 35.2 Å². The van der Waals surface area contributed by atoms with Gasteiger partial charge < -0.3 is 14.6 Å². The summed E-state index contributed by atoms with van der Waals surface area (Å²) in [6, 6.07) is 13.2. The highest BCUT2D eigenvalue weighted by atomic mass is 35.5. The standard InChI is InChI=1S/C24H25ClN2O4/c1-3-15(4-2)13-27-23(24(28)29)18(22(26-27)16-8-6-5-7-9-16)10-17-11-20-21(12-19(17)25)31-14-30-20/h5-9,11-12,15H,3-4,10,13-14H2,1-2H3,(H,28,29). The number of aromatic carboxylic acids is 1. The molecule has 0 saturated heterocycles. The van der Waals surface area contributed by atoms with Gasteiger partial charge in [0.25, 0.3) is 0 Å². The average Bonchev–Trinajstić information content (AvgIpc) is 3.36. The van der Waals surface area contributed by atoms with Crippen LogP contribution in [0.3, 0.4) is 0 Å². The summed E-state index contributed by atoms with van der Waals surface area (Å²) in [6.07, 6.45) is 2.24. The minimum absolute atomic E-state index is 0.151. The minimum atomic E-state index is -0.993. The second kappa shape index (κ2) is 9.02. The van der Waals surface area contributed by atoms with Crippen LogP contribution >= 0.6 is 11.6 Å². The third-order valence-electron chi connectivity index (χ3n) is 5.79. The van der Waals surface area contributed by atoms with Gasteiger partial charge >= 0.3 is 5.97 Å². The Bertz CT molecular complexity index is 1090. The van der Waals surface area contributed by atoms with E-state index in [4.69, 9.17) is 26.2 Å². The van der Waals surface area contributed by atoms with E-state index in [1.165, 1.54) is 0 Å². The summed E-state index contributed by atoms with van der Waals surface area (Å²) in [7, 11) is 0. The van der Waals surface area contributed by atoms with Crippen molar-refractivity contribution in [1.82, 2.24) is 9.78 Å². The maximum Gasteiger partial charge on any atom is 0.354 e. The summed E-state index contributed by atoms with van der Waals surface area (Å²) in [5.41, 5.74) is 3.16. The average molecular weight is 441 g/mol. The van der Waals surface area contributed by atoms with Crippen LogP contribution in [-0.2, 0) is 13.0 Å². The molecule has 0 atom stereocenters. The number of ether oxygens (including phenoxy) is 2. The van der Waals surface area contributed by atoms with Crippen molar-refractivity contribution in [1.29, 1.82) is 0 Å². The summed E-state index contributed by atoms with van der Waals surface area (Å²) < 4.78 is 12.5. The number of fused-ring (bicyclic) bond motifs is 1. The summed E-state index contributed by atoms with van der Waals surface area (Å²) in [6.45, 7) is 4.94. The van der Waals surface area contributed by atoms with Crippen LogP contribution in [0, 0.1) is 5.92 Å². The Hall–Kier alpha value is -2.99. The first kappa shape index (κ1) is 21.2. The largest absolute Gasteiger partial charge is 0.477 e. The molecule has 31 heavy (non-hydrogen) atoms. The molecule has 6 nitrogen and oxygen atoms in total. The number of carbonyl (C=O) groups is 1. The van der Waals surface area contributed by atoms with E-state index in [0.717, 1.165) is 24.0 Å². The number of carboxylic acid groups (broad SMARTS) is 1. The number of aromatic nitrogens is 2. The number of rotatable bonds is 8. The van der Waals surface area contributed by atoms with E-state index in [2.05, 4.69) is 13.8 Å². The number of hydrogen-bond acceptors (Lipinski definition) is 4. The first-order chi connectivity index (χ1) is 15.0. The van der Waals surface area contributed by atoms with Crippen molar-refractivity contribution in [3.05, 3.63) is 64.3 Å². The van der Waals surface area contributed by atoms with E-state index in [9.17, 15) is 9.90 Å². The zero-order valence-electron chi connectivity index (χ0n) is 17.6. The maximum absolute atomic E-state index is 12.4. The third kappa shape index (κ3) is 4.26. The van der Waals surface area contributed by atoms with E-state index in [0.29, 0.717) is 46.7 Å². The van der Waals surface area contributed by atoms with Crippen LogP contribution in [0.4, 0.5) is 0 Å². The molecule has 0 radical (unpaired) electrons. The molecule has 0 saturated carbocycles. The van der Waals surface area contributed by atoms with E-state index in [-0.39, 0.29) is 12.5 Å². The van der Waals surface area contributed by atoms with Crippen molar-refractivity contribution in [2.45, 2.75) is 39.7 Å². The van der Waals surface area contributed by atoms with Gasteiger partial charge in [-0.1, -0.05) is 68.6 Å². The van der Waals surface area contributed by atoms with Gasteiger partial charge in [0.2, 0.25) is 6.79 Å². The molecule has 0 unspecified atom stereocenters. The highest BCUT2D eigenvalue weighted by Crippen LogP contribution is 2.39. The molecule has 3 aromatic rings. The maximum atomic E-state index is 12.4. The zero-order valence-corrected chi connectivity index (χ0v) is 18.4. The van der Waals surface area contributed by atoms with Crippen molar-refractivity contribution in [2.24, 2.45) is 5.92 Å². The van der Waals surface area contributed by atoms with Crippen LogP contribution in [0.15, 0.2) is 42.5 Å². The van der Waals surface area contributed by atoms with Gasteiger partial charge in [0.1, 0.15) is 5.69 Å². The Labute approximate surface area is 186 Å². The SMILES string of the molecule is CCC(CC)Cn1nc(-c2ccccc2)c(Cc2cc3c(cc2Cl)OCO3)c1C(=O)O. The van der Waals surface area contributed by atoms with Crippen molar-refractivity contribution in [2.75, 3.05) is 6.79 Å². The number of carboxylic acids is 1. The van der Waals surface area contributed by atoms with Crippen molar-refractivity contribution >= 4 is 17.6 Å². The molecule has 0 spiro atoms. The number of hydrogen-bond donors (Lipinski definition) is 1. The fraction of sp³-hybridized carbons (Fsp3) is 0.333. The van der Waals surface area contributed by atoms with Crippen LogP contribution < -0.4 is 9.47 Å². The molecule has 4 rings (SSSR count).